The Morgan fingerprint density at radius 3 is 2.70 bits per heavy atom. The molecular weight excluding hydrogens is 255 g/mol. The first-order valence-electron chi connectivity index (χ1n) is 2.80. The molecule has 0 aromatic heterocycles. The highest BCUT2D eigenvalue weighted by Crippen LogP contribution is 2.09. The minimum Gasteiger partial charge on any atom is -0.497 e. The van der Waals surface area contributed by atoms with E-state index >= 15 is 0 Å². The van der Waals surface area contributed by atoms with Crippen LogP contribution in [0.4, 0.5) is 0 Å². The van der Waals surface area contributed by atoms with Crippen LogP contribution in [0.2, 0.25) is 0 Å². The summed E-state index contributed by atoms with van der Waals surface area (Å²) in [6, 6.07) is 5.90. The molecule has 0 fully saturated rings. The summed E-state index contributed by atoms with van der Waals surface area (Å²) in [6.07, 6.45) is 0. The number of methoxy groups -OCH3 is 1. The van der Waals surface area contributed by atoms with Crippen molar-refractivity contribution < 1.29 is 4.74 Å². The van der Waals surface area contributed by atoms with Crippen LogP contribution in [0.25, 0.3) is 0 Å². The van der Waals surface area contributed by atoms with Gasteiger partial charge in [0.15, 0.2) is 0 Å². The van der Waals surface area contributed by atoms with E-state index in [4.69, 9.17) is 4.74 Å². The summed E-state index contributed by atoms with van der Waals surface area (Å²) < 4.78 is 6.23. The second-order valence-corrected chi connectivity index (χ2v) is 3.48. The second kappa shape index (κ2) is 3.38. The number of halogens is 1. The van der Waals surface area contributed by atoms with E-state index in [1.807, 2.05) is 18.2 Å². The maximum absolute atomic E-state index is 5.07. The molecule has 0 aliphatic carbocycles. The average molecular weight is 261 g/mol. The molecule has 1 aromatic rings. The fourth-order valence-corrected chi connectivity index (χ4v) is 1.42. The van der Waals surface area contributed by atoms with Crippen LogP contribution in [-0.2, 0) is 0 Å². The van der Waals surface area contributed by atoms with Gasteiger partial charge in [0, 0.05) is 3.57 Å². The van der Waals surface area contributed by atoms with Crippen molar-refractivity contribution in [2.75, 3.05) is 7.11 Å². The van der Waals surface area contributed by atoms with Crippen molar-refractivity contribution in [3.63, 3.8) is 0 Å². The zero-order valence-electron chi connectivity index (χ0n) is 5.52. The predicted octanol–water partition coefficient (Wildman–Crippen LogP) is 1.09. The van der Waals surface area contributed by atoms with Crippen LogP contribution in [0.5, 0.6) is 5.75 Å². The number of benzene rings is 1. The Balaban J connectivity index is 3.14. The molecule has 0 bridgehead atoms. The smallest absolute Gasteiger partial charge is 0.118 e. The molecule has 1 rings (SSSR count). The van der Waals surface area contributed by atoms with Crippen LogP contribution in [0.1, 0.15) is 0 Å². The molecule has 0 N–H and O–H groups in total. The third-order valence-corrected chi connectivity index (χ3v) is 3.12. The van der Waals surface area contributed by atoms with Gasteiger partial charge in [-0.15, -0.1) is 0 Å². The highest BCUT2D eigenvalue weighted by atomic mass is 127. The molecule has 3 heteroatoms. The first kappa shape index (κ1) is 8.07. The maximum atomic E-state index is 5.07. The lowest BCUT2D eigenvalue weighted by Gasteiger charge is -2.04. The molecule has 51 valence electrons. The van der Waals surface area contributed by atoms with Gasteiger partial charge in [0.05, 0.1) is 17.4 Å². The topological polar surface area (TPSA) is 9.23 Å². The quantitative estimate of drug-likeness (QED) is 0.543. The van der Waals surface area contributed by atoms with E-state index in [9.17, 15) is 0 Å². The van der Waals surface area contributed by atoms with Crippen LogP contribution in [-0.4, -0.2) is 17.4 Å². The lowest BCUT2D eigenvalue weighted by molar-refractivity contribution is 0.418. The van der Waals surface area contributed by atoms with Gasteiger partial charge in [-0.2, -0.15) is 0 Å². The van der Waals surface area contributed by atoms with Gasteiger partial charge in [-0.05, 0) is 39.9 Å². The Hall–Kier alpha value is -0.0331. The van der Waals surface area contributed by atoms with Crippen molar-refractivity contribution in [2.45, 2.75) is 0 Å². The van der Waals surface area contributed by atoms with Crippen molar-refractivity contribution in [3.05, 3.63) is 21.8 Å². The number of hydrogen-bond donors (Lipinski definition) is 0. The molecule has 0 amide bonds. The van der Waals surface area contributed by atoms with Gasteiger partial charge in [-0.1, -0.05) is 6.07 Å². The number of hydrogen-bond acceptors (Lipinski definition) is 1. The van der Waals surface area contributed by atoms with Crippen molar-refractivity contribution in [1.29, 1.82) is 0 Å². The number of ether oxygens (including phenoxy) is 1. The Bertz CT molecular complexity index is 237. The van der Waals surface area contributed by atoms with E-state index < -0.39 is 0 Å². The first-order chi connectivity index (χ1) is 4.75. The molecule has 1 nitrogen and oxygen atoms in total. The van der Waals surface area contributed by atoms with Gasteiger partial charge in [0.1, 0.15) is 5.75 Å². The lowest BCUT2D eigenvalue weighted by Crippen LogP contribution is -2.10. The summed E-state index contributed by atoms with van der Waals surface area (Å²) in [5, 5.41) is 1.02. The van der Waals surface area contributed by atoms with Crippen LogP contribution in [0, 0.1) is 3.57 Å². The van der Waals surface area contributed by atoms with Crippen molar-refractivity contribution in [3.8, 4) is 5.75 Å². The van der Waals surface area contributed by atoms with E-state index in [-0.39, 0.29) is 0 Å². The third-order valence-electron chi connectivity index (χ3n) is 1.20. The average Bonchev–Trinajstić information content (AvgIpc) is 1.95. The fourth-order valence-electron chi connectivity index (χ4n) is 0.674. The summed E-state index contributed by atoms with van der Waals surface area (Å²) in [7, 11) is 5.12. The zero-order chi connectivity index (χ0) is 7.56. The molecule has 0 atom stereocenters. The Labute approximate surface area is 77.3 Å². The molecule has 0 saturated heterocycles. The largest absolute Gasteiger partial charge is 0.497 e. The third kappa shape index (κ3) is 1.52. The molecule has 0 spiro atoms. The maximum Gasteiger partial charge on any atom is 0.118 e. The van der Waals surface area contributed by atoms with Gasteiger partial charge in [-0.3, -0.25) is 0 Å². The van der Waals surface area contributed by atoms with E-state index in [2.05, 4.69) is 32.8 Å². The summed E-state index contributed by atoms with van der Waals surface area (Å²) >= 11 is 2.24. The predicted molar refractivity (Wildman–Crippen MR) is 51.1 cm³/mol. The Morgan fingerprint density at radius 1 is 1.50 bits per heavy atom. The van der Waals surface area contributed by atoms with Gasteiger partial charge < -0.3 is 4.74 Å². The fraction of sp³-hybridized carbons (Fsp3) is 0.143. The SMILES string of the molecule is COc1cccc(I)c1[Si]. The minimum absolute atomic E-state index is 0.878. The molecule has 0 unspecified atom stereocenters. The molecule has 0 aliphatic heterocycles. The standard InChI is InChI=1S/C7H6IOSi/c1-9-6-4-2-3-5(8)7(6)10/h2-4H,1H3. The van der Waals surface area contributed by atoms with Crippen LogP contribution < -0.4 is 9.92 Å². The normalized spacial score (nSPS) is 9.50. The van der Waals surface area contributed by atoms with E-state index in [1.54, 1.807) is 7.11 Å². The number of rotatable bonds is 1. The van der Waals surface area contributed by atoms with E-state index in [0.717, 1.165) is 14.5 Å². The zero-order valence-corrected chi connectivity index (χ0v) is 8.68. The molecule has 10 heavy (non-hydrogen) atoms. The van der Waals surface area contributed by atoms with E-state index in [0.29, 0.717) is 0 Å². The van der Waals surface area contributed by atoms with Gasteiger partial charge in [-0.25, -0.2) is 0 Å². The van der Waals surface area contributed by atoms with Crippen molar-refractivity contribution >= 4 is 38.0 Å². The van der Waals surface area contributed by atoms with Crippen molar-refractivity contribution in [2.24, 2.45) is 0 Å². The highest BCUT2D eigenvalue weighted by Gasteiger charge is 1.98. The van der Waals surface area contributed by atoms with Crippen LogP contribution >= 0.6 is 22.6 Å². The Morgan fingerprint density at radius 2 is 2.20 bits per heavy atom. The first-order valence-corrected chi connectivity index (χ1v) is 4.37. The minimum atomic E-state index is 0.878. The lowest BCUT2D eigenvalue weighted by atomic mass is 10.3. The van der Waals surface area contributed by atoms with Crippen LogP contribution in [0.3, 0.4) is 0 Å². The van der Waals surface area contributed by atoms with Crippen LogP contribution in [0.15, 0.2) is 18.2 Å². The summed E-state index contributed by atoms with van der Waals surface area (Å²) in [5.41, 5.74) is 0. The van der Waals surface area contributed by atoms with Gasteiger partial charge in [0.25, 0.3) is 0 Å². The monoisotopic (exact) mass is 261 g/mol. The Kier molecular flexibility index (Phi) is 2.73. The molecular formula is C7H6IOSi. The molecule has 0 saturated carbocycles. The molecule has 0 aliphatic rings. The summed E-state index contributed by atoms with van der Waals surface area (Å²) in [6.45, 7) is 0. The van der Waals surface area contributed by atoms with E-state index in [1.165, 1.54) is 0 Å². The van der Waals surface area contributed by atoms with Crippen molar-refractivity contribution in [1.82, 2.24) is 0 Å². The van der Waals surface area contributed by atoms with Gasteiger partial charge in [0.2, 0.25) is 0 Å². The molecule has 3 radical (unpaired) electrons. The van der Waals surface area contributed by atoms with Gasteiger partial charge >= 0.3 is 0 Å². The summed E-state index contributed by atoms with van der Waals surface area (Å²) in [4.78, 5) is 0. The molecule has 1 aromatic carbocycles. The molecule has 0 heterocycles. The second-order valence-electron chi connectivity index (χ2n) is 1.82. The summed E-state index contributed by atoms with van der Waals surface area (Å²) in [5.74, 6) is 0.878. The highest BCUT2D eigenvalue weighted by molar-refractivity contribution is 14.1.